The summed E-state index contributed by atoms with van der Waals surface area (Å²) in [7, 11) is 0. The molecular formula is C33H32N4O3. The third kappa shape index (κ3) is 5.50. The van der Waals surface area contributed by atoms with Crippen LogP contribution in [-0.4, -0.2) is 31.5 Å². The van der Waals surface area contributed by atoms with Gasteiger partial charge in [0.2, 0.25) is 0 Å². The van der Waals surface area contributed by atoms with Crippen molar-refractivity contribution in [2.75, 3.05) is 0 Å². The van der Waals surface area contributed by atoms with Gasteiger partial charge < -0.3 is 15.0 Å². The summed E-state index contributed by atoms with van der Waals surface area (Å²) >= 11 is 0. The molecule has 0 unspecified atom stereocenters. The first-order valence-electron chi connectivity index (χ1n) is 13.4. The van der Waals surface area contributed by atoms with Gasteiger partial charge in [0, 0.05) is 23.9 Å². The number of imidazole rings is 1. The van der Waals surface area contributed by atoms with Gasteiger partial charge in [-0.3, -0.25) is 4.79 Å². The largest absolute Gasteiger partial charge is 0.476 e. The monoisotopic (exact) mass is 532 g/mol. The third-order valence-corrected chi connectivity index (χ3v) is 7.24. The number of carboxylic acid groups (broad SMARTS) is 1. The number of carbonyl (C=O) groups is 2. The fraction of sp³-hybridized carbons (Fsp3) is 0.212. The summed E-state index contributed by atoms with van der Waals surface area (Å²) in [6.07, 6.45) is 1.48. The quantitative estimate of drug-likeness (QED) is 0.230. The van der Waals surface area contributed by atoms with Crippen molar-refractivity contribution in [3.8, 4) is 11.1 Å². The molecule has 0 saturated carbocycles. The standard InChI is InChI=1S/C33H32N4O3/c1-20(2)25-7-5-8-26(17-25)21(3)35-32(38)27-14-15-30-29(18-27)36-22(4)37(30)19-23-10-12-24(13-11-23)28-9-6-16-34-31(28)33(39)40/h5-18,20-21H,19H2,1-4H3,(H,35,38)(H,39,40)/t21-/m0/s1. The number of hydrogen-bond acceptors (Lipinski definition) is 4. The van der Waals surface area contributed by atoms with Crippen molar-refractivity contribution < 1.29 is 14.7 Å². The van der Waals surface area contributed by atoms with Gasteiger partial charge in [-0.1, -0.05) is 68.4 Å². The minimum Gasteiger partial charge on any atom is -0.476 e. The average molecular weight is 533 g/mol. The Morgan fingerprint density at radius 1 is 0.925 bits per heavy atom. The molecular weight excluding hydrogens is 500 g/mol. The van der Waals surface area contributed by atoms with E-state index in [-0.39, 0.29) is 17.6 Å². The average Bonchev–Trinajstić information content (AvgIpc) is 3.27. The van der Waals surface area contributed by atoms with Gasteiger partial charge in [-0.15, -0.1) is 0 Å². The fourth-order valence-corrected chi connectivity index (χ4v) is 4.92. The summed E-state index contributed by atoms with van der Waals surface area (Å²) < 4.78 is 2.11. The van der Waals surface area contributed by atoms with Crippen LogP contribution in [0.4, 0.5) is 0 Å². The molecule has 0 bridgehead atoms. The topological polar surface area (TPSA) is 97.1 Å². The number of nitrogens with one attached hydrogen (secondary N) is 1. The summed E-state index contributed by atoms with van der Waals surface area (Å²) in [5, 5.41) is 12.6. The van der Waals surface area contributed by atoms with Gasteiger partial charge in [0.05, 0.1) is 17.1 Å². The zero-order valence-corrected chi connectivity index (χ0v) is 23.1. The van der Waals surface area contributed by atoms with Crippen LogP contribution in [0.3, 0.4) is 0 Å². The lowest BCUT2D eigenvalue weighted by molar-refractivity contribution is 0.0691. The highest BCUT2D eigenvalue weighted by Gasteiger charge is 2.16. The maximum absolute atomic E-state index is 13.1. The van der Waals surface area contributed by atoms with Crippen molar-refractivity contribution in [2.24, 2.45) is 0 Å². The smallest absolute Gasteiger partial charge is 0.355 e. The molecule has 0 aliphatic rings. The minimum atomic E-state index is -1.05. The number of benzene rings is 3. The van der Waals surface area contributed by atoms with E-state index in [2.05, 4.69) is 40.8 Å². The van der Waals surface area contributed by atoms with E-state index >= 15 is 0 Å². The van der Waals surface area contributed by atoms with Gasteiger partial charge in [0.1, 0.15) is 5.82 Å². The van der Waals surface area contributed by atoms with E-state index in [1.165, 1.54) is 11.8 Å². The molecule has 7 heteroatoms. The molecule has 0 spiro atoms. The van der Waals surface area contributed by atoms with Crippen LogP contribution in [0, 0.1) is 6.92 Å². The SMILES string of the molecule is Cc1nc2cc(C(=O)N[C@@H](C)c3cccc(C(C)C)c3)ccc2n1Cc1ccc(-c2cccnc2C(=O)O)cc1. The van der Waals surface area contributed by atoms with Crippen molar-refractivity contribution >= 4 is 22.9 Å². The summed E-state index contributed by atoms with van der Waals surface area (Å²) in [6.45, 7) is 8.86. The second-order valence-electron chi connectivity index (χ2n) is 10.4. The predicted molar refractivity (Wildman–Crippen MR) is 157 cm³/mol. The van der Waals surface area contributed by atoms with Crippen molar-refractivity contribution in [1.82, 2.24) is 19.9 Å². The first kappa shape index (κ1) is 26.8. The Morgan fingerprint density at radius 2 is 1.68 bits per heavy atom. The van der Waals surface area contributed by atoms with Crippen molar-refractivity contribution in [3.63, 3.8) is 0 Å². The number of amides is 1. The van der Waals surface area contributed by atoms with Gasteiger partial charge in [-0.25, -0.2) is 14.8 Å². The second-order valence-corrected chi connectivity index (χ2v) is 10.4. The number of pyridine rings is 1. The summed E-state index contributed by atoms with van der Waals surface area (Å²) in [5.41, 5.74) is 7.05. The number of fused-ring (bicyclic) bond motifs is 1. The first-order valence-corrected chi connectivity index (χ1v) is 13.4. The van der Waals surface area contributed by atoms with Crippen LogP contribution in [0.1, 0.15) is 76.1 Å². The highest BCUT2D eigenvalue weighted by molar-refractivity contribution is 5.97. The van der Waals surface area contributed by atoms with Gasteiger partial charge in [-0.05, 0) is 66.3 Å². The van der Waals surface area contributed by atoms with E-state index in [1.807, 2.05) is 68.4 Å². The highest BCUT2D eigenvalue weighted by atomic mass is 16.4. The van der Waals surface area contributed by atoms with Crippen molar-refractivity contribution in [1.29, 1.82) is 0 Å². The van der Waals surface area contributed by atoms with Gasteiger partial charge in [0.15, 0.2) is 5.69 Å². The summed E-state index contributed by atoms with van der Waals surface area (Å²) in [5.74, 6) is 0.0784. The van der Waals surface area contributed by atoms with E-state index in [1.54, 1.807) is 12.1 Å². The van der Waals surface area contributed by atoms with E-state index in [9.17, 15) is 14.7 Å². The first-order chi connectivity index (χ1) is 19.2. The molecule has 7 nitrogen and oxygen atoms in total. The molecule has 40 heavy (non-hydrogen) atoms. The molecule has 0 aliphatic heterocycles. The lowest BCUT2D eigenvalue weighted by Crippen LogP contribution is -2.26. The van der Waals surface area contributed by atoms with Crippen LogP contribution in [0.15, 0.2) is 85.1 Å². The Labute approximate surface area is 233 Å². The number of aryl methyl sites for hydroxylation is 1. The van der Waals surface area contributed by atoms with Crippen LogP contribution < -0.4 is 5.32 Å². The Bertz CT molecular complexity index is 1700. The van der Waals surface area contributed by atoms with Crippen LogP contribution in [0.2, 0.25) is 0 Å². The molecule has 0 saturated heterocycles. The Hall–Kier alpha value is -4.78. The molecule has 1 amide bonds. The molecule has 0 aliphatic carbocycles. The molecule has 2 heterocycles. The van der Waals surface area contributed by atoms with Crippen molar-refractivity contribution in [3.05, 3.63) is 119 Å². The highest BCUT2D eigenvalue weighted by Crippen LogP contribution is 2.25. The Balaban J connectivity index is 1.33. The summed E-state index contributed by atoms with van der Waals surface area (Å²) in [6, 6.07) is 25.1. The fourth-order valence-electron chi connectivity index (χ4n) is 4.92. The van der Waals surface area contributed by atoms with Gasteiger partial charge in [-0.2, -0.15) is 0 Å². The van der Waals surface area contributed by atoms with Crippen LogP contribution in [0.25, 0.3) is 22.2 Å². The molecule has 2 aromatic heterocycles. The molecule has 202 valence electrons. The normalized spacial score (nSPS) is 12.0. The van der Waals surface area contributed by atoms with Crippen LogP contribution >= 0.6 is 0 Å². The molecule has 5 aromatic rings. The summed E-state index contributed by atoms with van der Waals surface area (Å²) in [4.78, 5) is 33.4. The number of nitrogens with zero attached hydrogens (tertiary/aromatic N) is 3. The number of hydrogen-bond donors (Lipinski definition) is 2. The molecule has 2 N–H and O–H groups in total. The number of carbonyl (C=O) groups excluding carboxylic acids is 1. The number of aromatic carboxylic acids is 1. The van der Waals surface area contributed by atoms with E-state index in [0.29, 0.717) is 23.6 Å². The minimum absolute atomic E-state index is 0.0324. The molecule has 0 radical (unpaired) electrons. The molecule has 0 fully saturated rings. The Morgan fingerprint density at radius 3 is 2.40 bits per heavy atom. The lowest BCUT2D eigenvalue weighted by Gasteiger charge is -2.16. The zero-order valence-electron chi connectivity index (χ0n) is 23.1. The predicted octanol–water partition coefficient (Wildman–Crippen LogP) is 6.77. The number of aromatic nitrogens is 3. The maximum atomic E-state index is 13.1. The number of carboxylic acids is 1. The second kappa shape index (κ2) is 11.1. The van der Waals surface area contributed by atoms with E-state index in [0.717, 1.165) is 33.5 Å². The van der Waals surface area contributed by atoms with E-state index in [4.69, 9.17) is 4.98 Å². The molecule has 3 aromatic carbocycles. The third-order valence-electron chi connectivity index (χ3n) is 7.24. The lowest BCUT2D eigenvalue weighted by atomic mass is 9.98. The van der Waals surface area contributed by atoms with Gasteiger partial charge in [0.25, 0.3) is 5.91 Å². The van der Waals surface area contributed by atoms with Crippen LogP contribution in [-0.2, 0) is 6.54 Å². The zero-order chi connectivity index (χ0) is 28.4. The number of rotatable bonds is 8. The van der Waals surface area contributed by atoms with Crippen LogP contribution in [0.5, 0.6) is 0 Å². The molecule has 5 rings (SSSR count). The van der Waals surface area contributed by atoms with Gasteiger partial charge >= 0.3 is 5.97 Å². The maximum Gasteiger partial charge on any atom is 0.355 e. The molecule has 1 atom stereocenters. The van der Waals surface area contributed by atoms with E-state index < -0.39 is 5.97 Å². The Kier molecular flexibility index (Phi) is 7.47. The van der Waals surface area contributed by atoms with Crippen molar-refractivity contribution in [2.45, 2.75) is 46.2 Å².